The molecule has 5 heteroatoms. The van der Waals surface area contributed by atoms with Gasteiger partial charge < -0.3 is 18.9 Å². The highest BCUT2D eigenvalue weighted by molar-refractivity contribution is 5.90. The summed E-state index contributed by atoms with van der Waals surface area (Å²) in [5.41, 5.74) is 0.404. The third kappa shape index (κ3) is 3.35. The summed E-state index contributed by atoms with van der Waals surface area (Å²) in [7, 11) is 4.37. The zero-order chi connectivity index (χ0) is 12.8. The van der Waals surface area contributed by atoms with Gasteiger partial charge in [0.25, 0.3) is 0 Å². The Morgan fingerprint density at radius 2 is 1.88 bits per heavy atom. The van der Waals surface area contributed by atoms with Gasteiger partial charge in [0.15, 0.2) is 17.8 Å². The van der Waals surface area contributed by atoms with Crippen molar-refractivity contribution in [3.63, 3.8) is 0 Å². The van der Waals surface area contributed by atoms with E-state index in [1.54, 1.807) is 32.2 Å². The Hall–Kier alpha value is -1.75. The highest BCUT2D eigenvalue weighted by Crippen LogP contribution is 2.29. The zero-order valence-corrected chi connectivity index (χ0v) is 10.4. The number of carbonyl (C=O) groups excluding carboxylic acids is 1. The summed E-state index contributed by atoms with van der Waals surface area (Å²) in [5.74, 6) is 0.543. The average Bonchev–Trinajstić information content (AvgIpc) is 2.37. The van der Waals surface area contributed by atoms with Crippen molar-refractivity contribution in [2.24, 2.45) is 0 Å². The van der Waals surface area contributed by atoms with Crippen LogP contribution in [0.4, 0.5) is 0 Å². The number of rotatable bonds is 5. The van der Waals surface area contributed by atoms with Crippen molar-refractivity contribution < 1.29 is 23.7 Å². The van der Waals surface area contributed by atoms with Gasteiger partial charge in [0.05, 0.1) is 19.8 Å². The SMILES string of the molecule is COC(=O)c1ccc(OC(C)OC)c(OC)c1. The van der Waals surface area contributed by atoms with Gasteiger partial charge in [-0.25, -0.2) is 4.79 Å². The van der Waals surface area contributed by atoms with Gasteiger partial charge in [-0.1, -0.05) is 0 Å². The predicted octanol–water partition coefficient (Wildman–Crippen LogP) is 1.85. The molecule has 5 nitrogen and oxygen atoms in total. The van der Waals surface area contributed by atoms with Crippen LogP contribution in [0.3, 0.4) is 0 Å². The summed E-state index contributed by atoms with van der Waals surface area (Å²) < 4.78 is 20.2. The van der Waals surface area contributed by atoms with E-state index in [0.717, 1.165) is 0 Å². The normalized spacial score (nSPS) is 11.8. The molecule has 0 amide bonds. The number of hydrogen-bond donors (Lipinski definition) is 0. The molecular weight excluding hydrogens is 224 g/mol. The van der Waals surface area contributed by atoms with Crippen LogP contribution in [0, 0.1) is 0 Å². The van der Waals surface area contributed by atoms with E-state index in [4.69, 9.17) is 14.2 Å². The van der Waals surface area contributed by atoms with Crippen molar-refractivity contribution >= 4 is 5.97 Å². The lowest BCUT2D eigenvalue weighted by Gasteiger charge is -2.15. The van der Waals surface area contributed by atoms with Crippen LogP contribution in [0.2, 0.25) is 0 Å². The zero-order valence-electron chi connectivity index (χ0n) is 10.4. The molecule has 1 aromatic rings. The molecule has 0 aliphatic rings. The van der Waals surface area contributed by atoms with Crippen molar-refractivity contribution in [1.29, 1.82) is 0 Å². The largest absolute Gasteiger partial charge is 0.493 e. The van der Waals surface area contributed by atoms with Gasteiger partial charge in [-0.05, 0) is 25.1 Å². The van der Waals surface area contributed by atoms with Gasteiger partial charge in [-0.2, -0.15) is 0 Å². The van der Waals surface area contributed by atoms with E-state index < -0.39 is 12.3 Å². The lowest BCUT2D eigenvalue weighted by atomic mass is 10.2. The first-order chi connectivity index (χ1) is 8.12. The summed E-state index contributed by atoms with van der Waals surface area (Å²) >= 11 is 0. The maximum absolute atomic E-state index is 11.3. The number of methoxy groups -OCH3 is 3. The second-order valence-electron chi connectivity index (χ2n) is 3.28. The van der Waals surface area contributed by atoms with E-state index in [2.05, 4.69) is 4.74 Å². The Morgan fingerprint density at radius 3 is 2.41 bits per heavy atom. The van der Waals surface area contributed by atoms with Gasteiger partial charge in [0.1, 0.15) is 0 Å². The number of benzene rings is 1. The van der Waals surface area contributed by atoms with E-state index in [9.17, 15) is 4.79 Å². The molecule has 17 heavy (non-hydrogen) atoms. The molecule has 1 rings (SSSR count). The van der Waals surface area contributed by atoms with Crippen LogP contribution in [0.1, 0.15) is 17.3 Å². The molecule has 0 heterocycles. The molecule has 0 aliphatic carbocycles. The number of esters is 1. The Kier molecular flexibility index (Phi) is 4.78. The highest BCUT2D eigenvalue weighted by Gasteiger charge is 2.12. The Morgan fingerprint density at radius 1 is 1.18 bits per heavy atom. The Balaban J connectivity index is 2.97. The standard InChI is InChI=1S/C12H16O5/c1-8(14-2)17-10-6-5-9(12(13)16-4)7-11(10)15-3/h5-8H,1-4H3. The van der Waals surface area contributed by atoms with E-state index in [1.165, 1.54) is 14.2 Å². The molecule has 1 aromatic carbocycles. The van der Waals surface area contributed by atoms with E-state index in [-0.39, 0.29) is 0 Å². The van der Waals surface area contributed by atoms with Crippen molar-refractivity contribution in [1.82, 2.24) is 0 Å². The first-order valence-corrected chi connectivity index (χ1v) is 5.08. The van der Waals surface area contributed by atoms with Crippen LogP contribution in [0.15, 0.2) is 18.2 Å². The second kappa shape index (κ2) is 6.10. The first-order valence-electron chi connectivity index (χ1n) is 5.08. The van der Waals surface area contributed by atoms with Crippen molar-refractivity contribution in [3.05, 3.63) is 23.8 Å². The van der Waals surface area contributed by atoms with Crippen LogP contribution in [0.5, 0.6) is 11.5 Å². The quantitative estimate of drug-likeness (QED) is 0.580. The minimum atomic E-state index is -0.422. The summed E-state index contributed by atoms with van der Waals surface area (Å²) in [6.45, 7) is 1.76. The smallest absolute Gasteiger partial charge is 0.337 e. The lowest BCUT2D eigenvalue weighted by Crippen LogP contribution is -2.14. The summed E-state index contributed by atoms with van der Waals surface area (Å²) in [4.78, 5) is 11.3. The number of ether oxygens (including phenoxy) is 4. The van der Waals surface area contributed by atoms with Gasteiger partial charge in [0, 0.05) is 7.11 Å². The first kappa shape index (κ1) is 13.3. The highest BCUT2D eigenvalue weighted by atomic mass is 16.7. The maximum atomic E-state index is 11.3. The van der Waals surface area contributed by atoms with Gasteiger partial charge in [0.2, 0.25) is 0 Å². The topological polar surface area (TPSA) is 54.0 Å². The molecular formula is C12H16O5. The monoisotopic (exact) mass is 240 g/mol. The van der Waals surface area contributed by atoms with E-state index >= 15 is 0 Å². The fourth-order valence-electron chi connectivity index (χ4n) is 1.24. The van der Waals surface area contributed by atoms with Crippen LogP contribution < -0.4 is 9.47 Å². The molecule has 0 saturated carbocycles. The molecule has 0 N–H and O–H groups in total. The fourth-order valence-corrected chi connectivity index (χ4v) is 1.24. The minimum absolute atomic E-state index is 0.395. The van der Waals surface area contributed by atoms with Crippen molar-refractivity contribution in [2.45, 2.75) is 13.2 Å². The Bertz CT molecular complexity index is 388. The third-order valence-electron chi connectivity index (χ3n) is 2.21. The van der Waals surface area contributed by atoms with Crippen LogP contribution >= 0.6 is 0 Å². The molecule has 0 fully saturated rings. The third-order valence-corrected chi connectivity index (χ3v) is 2.21. The summed E-state index contributed by atoms with van der Waals surface area (Å²) in [6, 6.07) is 4.80. The van der Waals surface area contributed by atoms with Crippen molar-refractivity contribution in [3.8, 4) is 11.5 Å². The van der Waals surface area contributed by atoms with Crippen LogP contribution in [-0.4, -0.2) is 33.6 Å². The summed E-state index contributed by atoms with van der Waals surface area (Å²) in [6.07, 6.45) is -0.395. The molecule has 0 spiro atoms. The lowest BCUT2D eigenvalue weighted by molar-refractivity contribution is -0.0395. The van der Waals surface area contributed by atoms with Gasteiger partial charge >= 0.3 is 5.97 Å². The second-order valence-corrected chi connectivity index (χ2v) is 3.28. The Labute approximate surface area is 100 Å². The maximum Gasteiger partial charge on any atom is 0.337 e. The van der Waals surface area contributed by atoms with Gasteiger partial charge in [-0.15, -0.1) is 0 Å². The van der Waals surface area contributed by atoms with Crippen LogP contribution in [0.25, 0.3) is 0 Å². The summed E-state index contributed by atoms with van der Waals surface area (Å²) in [5, 5.41) is 0. The number of carbonyl (C=O) groups is 1. The fraction of sp³-hybridized carbons (Fsp3) is 0.417. The average molecular weight is 240 g/mol. The molecule has 1 atom stereocenters. The minimum Gasteiger partial charge on any atom is -0.493 e. The molecule has 0 aromatic heterocycles. The molecule has 0 radical (unpaired) electrons. The van der Waals surface area contributed by atoms with Gasteiger partial charge in [-0.3, -0.25) is 0 Å². The van der Waals surface area contributed by atoms with E-state index in [0.29, 0.717) is 17.1 Å². The van der Waals surface area contributed by atoms with Crippen molar-refractivity contribution in [2.75, 3.05) is 21.3 Å². The molecule has 0 saturated heterocycles. The van der Waals surface area contributed by atoms with Crippen LogP contribution in [-0.2, 0) is 9.47 Å². The molecule has 0 aliphatic heterocycles. The molecule has 0 bridgehead atoms. The molecule has 1 unspecified atom stereocenters. The van der Waals surface area contributed by atoms with E-state index in [1.807, 2.05) is 0 Å². The predicted molar refractivity (Wildman–Crippen MR) is 61.4 cm³/mol. The number of hydrogen-bond acceptors (Lipinski definition) is 5. The molecule has 94 valence electrons.